The number of amides is 2. The van der Waals surface area contributed by atoms with E-state index in [0.29, 0.717) is 5.69 Å². The summed E-state index contributed by atoms with van der Waals surface area (Å²) in [4.78, 5) is 36.8. The summed E-state index contributed by atoms with van der Waals surface area (Å²) in [7, 11) is 0. The van der Waals surface area contributed by atoms with Gasteiger partial charge in [-0.2, -0.15) is 0 Å². The molecule has 6 nitrogen and oxygen atoms in total. The number of rotatable bonds is 8. The van der Waals surface area contributed by atoms with Crippen LogP contribution in [0.1, 0.15) is 30.5 Å². The molecule has 0 aliphatic carbocycles. The first kappa shape index (κ1) is 22.1. The normalized spacial score (nSPS) is 11.6. The van der Waals surface area contributed by atoms with Crippen molar-refractivity contribution in [2.45, 2.75) is 40.2 Å². The predicted octanol–water partition coefficient (Wildman–Crippen LogP) is 3.17. The molecule has 0 heterocycles. The number of nitrogens with one attached hydrogen (secondary N) is 2. The van der Waals surface area contributed by atoms with Gasteiger partial charge in [-0.15, -0.1) is 0 Å². The minimum Gasteiger partial charge on any atom is -0.454 e. The second-order valence-electron chi connectivity index (χ2n) is 7.43. The van der Waals surface area contributed by atoms with Gasteiger partial charge in [0.1, 0.15) is 6.04 Å². The smallest absolute Gasteiger partial charge is 0.329 e. The average molecular weight is 396 g/mol. The van der Waals surface area contributed by atoms with E-state index in [9.17, 15) is 14.4 Å². The van der Waals surface area contributed by atoms with Crippen molar-refractivity contribution in [2.24, 2.45) is 5.92 Å². The summed E-state index contributed by atoms with van der Waals surface area (Å²) in [5.74, 6) is -1.50. The van der Waals surface area contributed by atoms with Gasteiger partial charge in [0.2, 0.25) is 5.91 Å². The van der Waals surface area contributed by atoms with Crippen LogP contribution >= 0.6 is 0 Å². The Kier molecular flexibility index (Phi) is 7.95. The number of anilines is 1. The van der Waals surface area contributed by atoms with Gasteiger partial charge in [-0.25, -0.2) is 4.79 Å². The zero-order valence-corrected chi connectivity index (χ0v) is 17.3. The number of ether oxygens (including phenoxy) is 1. The molecule has 2 N–H and O–H groups in total. The van der Waals surface area contributed by atoms with Crippen LogP contribution in [0.5, 0.6) is 0 Å². The Balaban J connectivity index is 1.88. The van der Waals surface area contributed by atoms with Crippen LogP contribution < -0.4 is 10.6 Å². The second-order valence-corrected chi connectivity index (χ2v) is 7.43. The SMILES string of the molecule is Cc1ccc(NC(=O)COC(=O)[C@@H](NC(=O)Cc2ccccc2)C(C)C)c(C)c1. The van der Waals surface area contributed by atoms with Crippen LogP contribution in [-0.2, 0) is 25.5 Å². The molecule has 0 spiro atoms. The van der Waals surface area contributed by atoms with Crippen molar-refractivity contribution in [1.82, 2.24) is 5.32 Å². The molecule has 2 amide bonds. The second kappa shape index (κ2) is 10.4. The molecule has 154 valence electrons. The Bertz CT molecular complexity index is 862. The highest BCUT2D eigenvalue weighted by molar-refractivity contribution is 5.94. The third kappa shape index (κ3) is 7.07. The van der Waals surface area contributed by atoms with Gasteiger partial charge in [-0.05, 0) is 37.0 Å². The first-order chi connectivity index (χ1) is 13.8. The van der Waals surface area contributed by atoms with Gasteiger partial charge in [-0.3, -0.25) is 9.59 Å². The zero-order chi connectivity index (χ0) is 21.4. The van der Waals surface area contributed by atoms with Crippen molar-refractivity contribution in [3.8, 4) is 0 Å². The van der Waals surface area contributed by atoms with E-state index in [0.717, 1.165) is 16.7 Å². The van der Waals surface area contributed by atoms with Crippen LogP contribution in [0.3, 0.4) is 0 Å². The summed E-state index contributed by atoms with van der Waals surface area (Å²) in [5.41, 5.74) is 3.55. The van der Waals surface area contributed by atoms with Crippen LogP contribution in [0.15, 0.2) is 48.5 Å². The highest BCUT2D eigenvalue weighted by Crippen LogP contribution is 2.16. The van der Waals surface area contributed by atoms with Gasteiger partial charge in [-0.1, -0.05) is 61.9 Å². The summed E-state index contributed by atoms with van der Waals surface area (Å²) >= 11 is 0. The lowest BCUT2D eigenvalue weighted by molar-refractivity contribution is -0.151. The highest BCUT2D eigenvalue weighted by Gasteiger charge is 2.26. The fourth-order valence-electron chi connectivity index (χ4n) is 2.87. The van der Waals surface area contributed by atoms with Gasteiger partial charge >= 0.3 is 5.97 Å². The minimum atomic E-state index is -0.819. The Morgan fingerprint density at radius 3 is 2.28 bits per heavy atom. The summed E-state index contributed by atoms with van der Waals surface area (Å²) in [6.07, 6.45) is 0.171. The number of aryl methyl sites for hydroxylation is 2. The van der Waals surface area contributed by atoms with E-state index < -0.39 is 24.5 Å². The van der Waals surface area contributed by atoms with Crippen molar-refractivity contribution in [2.75, 3.05) is 11.9 Å². The Morgan fingerprint density at radius 2 is 1.66 bits per heavy atom. The molecule has 29 heavy (non-hydrogen) atoms. The lowest BCUT2D eigenvalue weighted by atomic mass is 10.0. The summed E-state index contributed by atoms with van der Waals surface area (Å²) < 4.78 is 5.15. The monoisotopic (exact) mass is 396 g/mol. The lowest BCUT2D eigenvalue weighted by Crippen LogP contribution is -2.46. The maximum Gasteiger partial charge on any atom is 0.329 e. The third-order valence-electron chi connectivity index (χ3n) is 4.45. The summed E-state index contributed by atoms with van der Waals surface area (Å²) in [6.45, 7) is 7.07. The van der Waals surface area contributed by atoms with Gasteiger partial charge < -0.3 is 15.4 Å². The van der Waals surface area contributed by atoms with Gasteiger partial charge in [0, 0.05) is 5.69 Å². The first-order valence-electron chi connectivity index (χ1n) is 9.63. The van der Waals surface area contributed by atoms with Crippen molar-refractivity contribution in [3.05, 3.63) is 65.2 Å². The number of carbonyl (C=O) groups excluding carboxylic acids is 3. The topological polar surface area (TPSA) is 84.5 Å². The lowest BCUT2D eigenvalue weighted by Gasteiger charge is -2.21. The molecule has 0 fully saturated rings. The molecule has 2 rings (SSSR count). The molecule has 0 saturated carbocycles. The fraction of sp³-hybridized carbons (Fsp3) is 0.348. The third-order valence-corrected chi connectivity index (χ3v) is 4.45. The van der Waals surface area contributed by atoms with Gasteiger partial charge in [0.15, 0.2) is 6.61 Å². The predicted molar refractivity (Wildman–Crippen MR) is 112 cm³/mol. The highest BCUT2D eigenvalue weighted by atomic mass is 16.5. The molecule has 0 radical (unpaired) electrons. The molecule has 1 atom stereocenters. The molecule has 0 saturated heterocycles. The van der Waals surface area contributed by atoms with Crippen LogP contribution in [0.25, 0.3) is 0 Å². The number of esters is 1. The van der Waals surface area contributed by atoms with Crippen molar-refractivity contribution in [3.63, 3.8) is 0 Å². The van der Waals surface area contributed by atoms with Crippen molar-refractivity contribution >= 4 is 23.5 Å². The minimum absolute atomic E-state index is 0.171. The number of carbonyl (C=O) groups is 3. The van der Waals surface area contributed by atoms with Crippen molar-refractivity contribution in [1.29, 1.82) is 0 Å². The number of hydrogen-bond donors (Lipinski definition) is 2. The Labute approximate surface area is 171 Å². The van der Waals surface area contributed by atoms with Crippen LogP contribution in [-0.4, -0.2) is 30.4 Å². The molecule has 2 aromatic rings. The molecular weight excluding hydrogens is 368 g/mol. The molecule has 0 aromatic heterocycles. The maximum absolute atomic E-state index is 12.4. The molecule has 6 heteroatoms. The molecule has 0 bridgehead atoms. The van der Waals surface area contributed by atoms with Gasteiger partial charge in [0.25, 0.3) is 5.91 Å². The van der Waals surface area contributed by atoms with Gasteiger partial charge in [0.05, 0.1) is 6.42 Å². The fourth-order valence-corrected chi connectivity index (χ4v) is 2.87. The van der Waals surface area contributed by atoms with E-state index in [-0.39, 0.29) is 18.2 Å². The van der Waals surface area contributed by atoms with E-state index in [1.54, 1.807) is 0 Å². The van der Waals surface area contributed by atoms with E-state index in [4.69, 9.17) is 4.74 Å². The molecule has 0 unspecified atom stereocenters. The Morgan fingerprint density at radius 1 is 0.966 bits per heavy atom. The number of benzene rings is 2. The maximum atomic E-state index is 12.4. The van der Waals surface area contributed by atoms with E-state index in [1.165, 1.54) is 0 Å². The van der Waals surface area contributed by atoms with Crippen LogP contribution in [0.4, 0.5) is 5.69 Å². The summed E-state index contributed by atoms with van der Waals surface area (Å²) in [6, 6.07) is 14.1. The van der Waals surface area contributed by atoms with E-state index >= 15 is 0 Å². The molecule has 2 aromatic carbocycles. The Hall–Kier alpha value is -3.15. The van der Waals surface area contributed by atoms with E-state index in [1.807, 2.05) is 76.2 Å². The largest absolute Gasteiger partial charge is 0.454 e. The van der Waals surface area contributed by atoms with Crippen LogP contribution in [0, 0.1) is 19.8 Å². The van der Waals surface area contributed by atoms with Crippen LogP contribution in [0.2, 0.25) is 0 Å². The quantitative estimate of drug-likeness (QED) is 0.671. The first-order valence-corrected chi connectivity index (χ1v) is 9.63. The molecular formula is C23H28N2O4. The molecule has 0 aliphatic rings. The summed E-state index contributed by atoms with van der Waals surface area (Å²) in [5, 5.41) is 5.44. The van der Waals surface area contributed by atoms with E-state index in [2.05, 4.69) is 10.6 Å². The zero-order valence-electron chi connectivity index (χ0n) is 17.3. The standard InChI is InChI=1S/C23H28N2O4/c1-15(2)22(25-20(26)13-18-8-6-5-7-9-18)23(28)29-14-21(27)24-19-11-10-16(3)12-17(19)4/h5-12,15,22H,13-14H2,1-4H3,(H,24,27)(H,25,26)/t22-/m0/s1. The number of hydrogen-bond acceptors (Lipinski definition) is 4. The molecule has 0 aliphatic heterocycles. The van der Waals surface area contributed by atoms with Crippen molar-refractivity contribution < 1.29 is 19.1 Å². The average Bonchev–Trinajstić information content (AvgIpc) is 2.67.